The molecule has 0 aromatic heterocycles. The van der Waals surface area contributed by atoms with Crippen LogP contribution in [0.1, 0.15) is 52.7 Å². The van der Waals surface area contributed by atoms with Crippen LogP contribution in [0.15, 0.2) is 24.3 Å². The Hall–Kier alpha value is -1.26. The number of benzene rings is 1. The van der Waals surface area contributed by atoms with Crippen molar-refractivity contribution in [2.75, 3.05) is 0 Å². The Morgan fingerprint density at radius 2 is 1.50 bits per heavy atom. The lowest BCUT2D eigenvalue weighted by atomic mass is 9.71. The molecule has 1 fully saturated rings. The molecule has 0 amide bonds. The fourth-order valence-electron chi connectivity index (χ4n) is 2.88. The summed E-state index contributed by atoms with van der Waals surface area (Å²) in [6.07, 6.45) is 2.12. The molecular formula is C18H25BO3. The number of rotatable bonds is 1. The first-order valence-corrected chi connectivity index (χ1v) is 7.89. The quantitative estimate of drug-likeness (QED) is 0.728. The molecule has 22 heavy (non-hydrogen) atoms. The predicted molar refractivity (Wildman–Crippen MR) is 89.9 cm³/mol. The van der Waals surface area contributed by atoms with Crippen molar-refractivity contribution in [1.29, 1.82) is 0 Å². The molecule has 1 aromatic rings. The van der Waals surface area contributed by atoms with Gasteiger partial charge < -0.3 is 14.0 Å². The van der Waals surface area contributed by atoms with Crippen LogP contribution in [0.2, 0.25) is 0 Å². The van der Waals surface area contributed by atoms with Gasteiger partial charge in [0, 0.05) is 5.56 Å². The first kappa shape index (κ1) is 15.6. The van der Waals surface area contributed by atoms with E-state index in [0.29, 0.717) is 0 Å². The summed E-state index contributed by atoms with van der Waals surface area (Å²) < 4.78 is 18.6. The average Bonchev–Trinajstić information content (AvgIpc) is 2.55. The SMILES string of the molecule is Cc1ccc2c(c1)OC(C)(C)C=C2B1OC(C)(C)C(C)(C)O1. The van der Waals surface area contributed by atoms with Crippen LogP contribution >= 0.6 is 0 Å². The highest BCUT2D eigenvalue weighted by Crippen LogP contribution is 2.44. The van der Waals surface area contributed by atoms with E-state index in [1.165, 1.54) is 5.56 Å². The van der Waals surface area contributed by atoms with Gasteiger partial charge >= 0.3 is 7.12 Å². The first-order valence-electron chi connectivity index (χ1n) is 7.89. The molecule has 3 nitrogen and oxygen atoms in total. The van der Waals surface area contributed by atoms with E-state index in [-0.39, 0.29) is 23.9 Å². The van der Waals surface area contributed by atoms with Gasteiger partial charge in [0.2, 0.25) is 0 Å². The molecule has 0 atom stereocenters. The van der Waals surface area contributed by atoms with Crippen molar-refractivity contribution in [3.8, 4) is 5.75 Å². The monoisotopic (exact) mass is 300 g/mol. The Labute approximate surface area is 133 Å². The zero-order valence-corrected chi connectivity index (χ0v) is 14.6. The third-order valence-electron chi connectivity index (χ3n) is 4.83. The van der Waals surface area contributed by atoms with Crippen LogP contribution in [0.25, 0.3) is 5.47 Å². The summed E-state index contributed by atoms with van der Waals surface area (Å²) in [4.78, 5) is 0. The molecule has 118 valence electrons. The summed E-state index contributed by atoms with van der Waals surface area (Å²) in [5, 5.41) is 0. The third-order valence-corrected chi connectivity index (χ3v) is 4.83. The molecule has 2 aliphatic rings. The van der Waals surface area contributed by atoms with Gasteiger partial charge in [-0.3, -0.25) is 0 Å². The van der Waals surface area contributed by atoms with E-state index in [2.05, 4.69) is 72.7 Å². The van der Waals surface area contributed by atoms with Crippen LogP contribution in [0.4, 0.5) is 0 Å². The van der Waals surface area contributed by atoms with Gasteiger partial charge in [0.05, 0.1) is 11.2 Å². The molecule has 3 rings (SSSR count). The van der Waals surface area contributed by atoms with Crippen molar-refractivity contribution in [1.82, 2.24) is 0 Å². The van der Waals surface area contributed by atoms with E-state index in [4.69, 9.17) is 14.0 Å². The normalized spacial score (nSPS) is 24.5. The van der Waals surface area contributed by atoms with Gasteiger partial charge in [-0.25, -0.2) is 0 Å². The van der Waals surface area contributed by atoms with Crippen molar-refractivity contribution in [3.63, 3.8) is 0 Å². The van der Waals surface area contributed by atoms with E-state index >= 15 is 0 Å². The number of ether oxygens (including phenoxy) is 1. The van der Waals surface area contributed by atoms with E-state index < -0.39 is 0 Å². The summed E-state index contributed by atoms with van der Waals surface area (Å²) in [5.41, 5.74) is 2.25. The van der Waals surface area contributed by atoms with Crippen LogP contribution in [-0.2, 0) is 9.31 Å². The molecule has 0 aliphatic carbocycles. The molecule has 2 heterocycles. The van der Waals surface area contributed by atoms with Crippen LogP contribution in [0.3, 0.4) is 0 Å². The zero-order chi connectivity index (χ0) is 16.3. The summed E-state index contributed by atoms with van der Waals surface area (Å²) >= 11 is 0. The molecule has 0 radical (unpaired) electrons. The molecule has 0 unspecified atom stereocenters. The molecule has 0 spiro atoms. The fraction of sp³-hybridized carbons (Fsp3) is 0.556. The highest BCUT2D eigenvalue weighted by atomic mass is 16.7. The molecule has 1 aromatic carbocycles. The summed E-state index contributed by atoms with van der Waals surface area (Å²) in [7, 11) is -0.366. The van der Waals surface area contributed by atoms with Crippen molar-refractivity contribution in [3.05, 3.63) is 35.4 Å². The third kappa shape index (κ3) is 2.48. The van der Waals surface area contributed by atoms with E-state index in [9.17, 15) is 0 Å². The fourth-order valence-corrected chi connectivity index (χ4v) is 2.88. The summed E-state index contributed by atoms with van der Waals surface area (Å²) in [6.45, 7) is 14.5. The molecule has 2 aliphatic heterocycles. The maximum Gasteiger partial charge on any atom is 0.495 e. The number of hydrogen-bond acceptors (Lipinski definition) is 3. The standard InChI is InChI=1S/C18H25BO3/c1-12-8-9-13-14(11-16(2,3)20-15(13)10-12)19-21-17(4,5)18(6,7)22-19/h8-11H,1-7H3. The van der Waals surface area contributed by atoms with Gasteiger partial charge in [-0.2, -0.15) is 0 Å². The summed E-state index contributed by atoms with van der Waals surface area (Å²) in [5.74, 6) is 0.900. The van der Waals surface area contributed by atoms with Crippen molar-refractivity contribution in [2.45, 2.75) is 65.3 Å². The molecule has 1 saturated heterocycles. The van der Waals surface area contributed by atoms with E-state index in [0.717, 1.165) is 16.8 Å². The van der Waals surface area contributed by atoms with Crippen LogP contribution in [0.5, 0.6) is 5.75 Å². The lowest BCUT2D eigenvalue weighted by Crippen LogP contribution is -2.41. The molecule has 4 heteroatoms. The summed E-state index contributed by atoms with van der Waals surface area (Å²) in [6, 6.07) is 6.27. The minimum atomic E-state index is -0.375. The number of hydrogen-bond donors (Lipinski definition) is 0. The Morgan fingerprint density at radius 3 is 2.09 bits per heavy atom. The predicted octanol–water partition coefficient (Wildman–Crippen LogP) is 4.18. The second kappa shape index (κ2) is 4.62. The van der Waals surface area contributed by atoms with Gasteiger partial charge in [0.1, 0.15) is 11.4 Å². The van der Waals surface area contributed by atoms with Crippen LogP contribution in [0, 0.1) is 6.92 Å². The molecule has 0 bridgehead atoms. The second-order valence-electron chi connectivity index (χ2n) is 7.89. The highest BCUT2D eigenvalue weighted by Gasteiger charge is 2.53. The minimum Gasteiger partial charge on any atom is -0.483 e. The Morgan fingerprint density at radius 1 is 0.909 bits per heavy atom. The Balaban J connectivity index is 2.05. The zero-order valence-electron chi connectivity index (χ0n) is 14.6. The van der Waals surface area contributed by atoms with Gasteiger partial charge in [0.15, 0.2) is 0 Å². The topological polar surface area (TPSA) is 27.7 Å². The largest absolute Gasteiger partial charge is 0.495 e. The van der Waals surface area contributed by atoms with E-state index in [1.807, 2.05) is 0 Å². The lowest BCUT2D eigenvalue weighted by Gasteiger charge is -2.32. The van der Waals surface area contributed by atoms with Crippen molar-refractivity contribution in [2.24, 2.45) is 0 Å². The molecular weight excluding hydrogens is 275 g/mol. The first-order chi connectivity index (χ1) is 10.0. The average molecular weight is 300 g/mol. The van der Waals surface area contributed by atoms with Crippen molar-refractivity contribution < 1.29 is 14.0 Å². The second-order valence-corrected chi connectivity index (χ2v) is 7.89. The van der Waals surface area contributed by atoms with Crippen molar-refractivity contribution >= 4 is 12.6 Å². The molecule has 0 N–H and O–H groups in total. The van der Waals surface area contributed by atoms with E-state index in [1.54, 1.807) is 0 Å². The number of fused-ring (bicyclic) bond motifs is 1. The smallest absolute Gasteiger partial charge is 0.483 e. The van der Waals surface area contributed by atoms with Crippen LogP contribution in [-0.4, -0.2) is 23.9 Å². The minimum absolute atomic E-state index is 0.341. The van der Waals surface area contributed by atoms with Gasteiger partial charge in [-0.15, -0.1) is 0 Å². The Bertz CT molecular complexity index is 628. The maximum atomic E-state index is 6.24. The Kier molecular flexibility index (Phi) is 3.28. The highest BCUT2D eigenvalue weighted by molar-refractivity contribution is 6.69. The van der Waals surface area contributed by atoms with Gasteiger partial charge in [0.25, 0.3) is 0 Å². The molecule has 0 saturated carbocycles. The van der Waals surface area contributed by atoms with Crippen LogP contribution < -0.4 is 4.74 Å². The lowest BCUT2D eigenvalue weighted by molar-refractivity contribution is 0.00578. The number of aryl methyl sites for hydroxylation is 1. The van der Waals surface area contributed by atoms with Gasteiger partial charge in [-0.1, -0.05) is 12.1 Å². The van der Waals surface area contributed by atoms with Gasteiger partial charge in [-0.05, 0) is 71.6 Å². The maximum absolute atomic E-state index is 6.24.